The maximum atomic E-state index is 5.63. The Morgan fingerprint density at radius 2 is 2.07 bits per heavy atom. The summed E-state index contributed by atoms with van der Waals surface area (Å²) in [5, 5.41) is 3.73. The summed E-state index contributed by atoms with van der Waals surface area (Å²) in [6.45, 7) is 3.93. The molecule has 2 rings (SSSR count). The van der Waals surface area contributed by atoms with Gasteiger partial charge in [0, 0.05) is 15.6 Å². The number of benzene rings is 1. The lowest BCUT2D eigenvalue weighted by atomic mass is 10.1. The van der Waals surface area contributed by atoms with Gasteiger partial charge in [-0.05, 0) is 25.5 Å². The third-order valence-corrected chi connectivity index (χ3v) is 3.25. The molecule has 0 saturated carbocycles. The monoisotopic (exact) mass is 266 g/mol. The Morgan fingerprint density at radius 1 is 1.33 bits per heavy atom. The Labute approximate surface area is 96.4 Å². The topological polar surface area (TPSA) is 52.0 Å². The van der Waals surface area contributed by atoms with Crippen LogP contribution in [0, 0.1) is 13.8 Å². The maximum Gasteiger partial charge on any atom is 0.172 e. The summed E-state index contributed by atoms with van der Waals surface area (Å²) in [6.07, 6.45) is 0. The van der Waals surface area contributed by atoms with Crippen molar-refractivity contribution in [3.8, 4) is 11.3 Å². The fourth-order valence-electron chi connectivity index (χ4n) is 1.35. The molecule has 0 saturated heterocycles. The van der Waals surface area contributed by atoms with Gasteiger partial charge in [-0.2, -0.15) is 0 Å². The van der Waals surface area contributed by atoms with E-state index in [9.17, 15) is 0 Å². The van der Waals surface area contributed by atoms with Crippen LogP contribution in [0.1, 0.15) is 11.1 Å². The summed E-state index contributed by atoms with van der Waals surface area (Å²) in [5.41, 5.74) is 8.67. The van der Waals surface area contributed by atoms with Crippen LogP contribution in [-0.4, -0.2) is 5.16 Å². The first kappa shape index (κ1) is 10.2. The Bertz CT molecular complexity index is 505. The van der Waals surface area contributed by atoms with Crippen LogP contribution in [0.15, 0.2) is 27.2 Å². The minimum Gasteiger partial charge on any atom is -0.381 e. The van der Waals surface area contributed by atoms with Gasteiger partial charge >= 0.3 is 0 Å². The number of halogens is 1. The van der Waals surface area contributed by atoms with E-state index < -0.39 is 0 Å². The molecule has 1 aromatic heterocycles. The summed E-state index contributed by atoms with van der Waals surface area (Å²) in [5.74, 6) is 1.18. The Morgan fingerprint density at radius 3 is 2.60 bits per heavy atom. The molecular weight excluding hydrogens is 256 g/mol. The van der Waals surface area contributed by atoms with E-state index in [1.165, 1.54) is 5.56 Å². The molecule has 1 aromatic carbocycles. The first-order chi connectivity index (χ1) is 7.09. The molecule has 0 aliphatic carbocycles. The Hall–Kier alpha value is -1.29. The molecule has 4 heteroatoms. The van der Waals surface area contributed by atoms with Gasteiger partial charge in [0.15, 0.2) is 11.6 Å². The summed E-state index contributed by atoms with van der Waals surface area (Å²) in [4.78, 5) is 0. The predicted octanol–water partition coefficient (Wildman–Crippen LogP) is 3.30. The second kappa shape index (κ2) is 3.70. The third-order valence-electron chi connectivity index (χ3n) is 2.39. The lowest BCUT2D eigenvalue weighted by Gasteiger charge is -2.01. The number of rotatable bonds is 1. The van der Waals surface area contributed by atoms with Crippen LogP contribution in [0.3, 0.4) is 0 Å². The van der Waals surface area contributed by atoms with Gasteiger partial charge in [0.05, 0.1) is 0 Å². The van der Waals surface area contributed by atoms with E-state index in [1.807, 2.05) is 32.0 Å². The lowest BCUT2D eigenvalue weighted by Crippen LogP contribution is -1.86. The highest BCUT2D eigenvalue weighted by molar-refractivity contribution is 9.10. The summed E-state index contributed by atoms with van der Waals surface area (Å²) in [7, 11) is 0. The zero-order valence-corrected chi connectivity index (χ0v) is 10.1. The van der Waals surface area contributed by atoms with Crippen LogP contribution in [-0.2, 0) is 0 Å². The van der Waals surface area contributed by atoms with Crippen molar-refractivity contribution < 1.29 is 4.52 Å². The van der Waals surface area contributed by atoms with Crippen molar-refractivity contribution in [2.45, 2.75) is 13.8 Å². The van der Waals surface area contributed by atoms with E-state index >= 15 is 0 Å². The number of hydrogen-bond acceptors (Lipinski definition) is 3. The van der Waals surface area contributed by atoms with Gasteiger partial charge in [-0.15, -0.1) is 0 Å². The summed E-state index contributed by atoms with van der Waals surface area (Å²) >= 11 is 3.48. The zero-order chi connectivity index (χ0) is 11.0. The maximum absolute atomic E-state index is 5.63. The molecule has 78 valence electrons. The number of nitrogens with zero attached hydrogens (tertiary/aromatic N) is 1. The van der Waals surface area contributed by atoms with Crippen molar-refractivity contribution in [2.75, 3.05) is 5.73 Å². The van der Waals surface area contributed by atoms with E-state index in [1.54, 1.807) is 0 Å². The summed E-state index contributed by atoms with van der Waals surface area (Å²) in [6, 6.07) is 6.02. The molecule has 0 amide bonds. The van der Waals surface area contributed by atoms with Gasteiger partial charge in [0.1, 0.15) is 0 Å². The van der Waals surface area contributed by atoms with E-state index in [0.717, 1.165) is 21.4 Å². The molecule has 0 radical (unpaired) electrons. The number of aromatic nitrogens is 1. The van der Waals surface area contributed by atoms with Crippen LogP contribution >= 0.6 is 15.9 Å². The minimum atomic E-state index is 0.446. The first-order valence-electron chi connectivity index (χ1n) is 4.58. The molecule has 0 unspecified atom stereocenters. The van der Waals surface area contributed by atoms with Crippen LogP contribution in [0.5, 0.6) is 0 Å². The zero-order valence-electron chi connectivity index (χ0n) is 8.54. The van der Waals surface area contributed by atoms with Gasteiger partial charge in [-0.3, -0.25) is 0 Å². The normalized spacial score (nSPS) is 10.6. The largest absolute Gasteiger partial charge is 0.381 e. The Balaban J connectivity index is 2.55. The van der Waals surface area contributed by atoms with E-state index in [4.69, 9.17) is 10.3 Å². The molecule has 3 nitrogen and oxygen atoms in total. The highest BCUT2D eigenvalue weighted by atomic mass is 79.9. The molecule has 1 heterocycles. The smallest absolute Gasteiger partial charge is 0.172 e. The van der Waals surface area contributed by atoms with Crippen molar-refractivity contribution in [1.82, 2.24) is 5.16 Å². The van der Waals surface area contributed by atoms with Gasteiger partial charge in [-0.1, -0.05) is 33.2 Å². The van der Waals surface area contributed by atoms with E-state index in [2.05, 4.69) is 21.1 Å². The quantitative estimate of drug-likeness (QED) is 0.862. The molecule has 0 atom stereocenters. The average Bonchev–Trinajstić information content (AvgIpc) is 2.53. The molecule has 2 N–H and O–H groups in total. The van der Waals surface area contributed by atoms with E-state index in [-0.39, 0.29) is 0 Å². The van der Waals surface area contributed by atoms with Crippen LogP contribution < -0.4 is 5.73 Å². The molecular formula is C11H11BrN2O. The van der Waals surface area contributed by atoms with Crippen molar-refractivity contribution >= 4 is 21.7 Å². The average molecular weight is 267 g/mol. The molecule has 0 bridgehead atoms. The number of nitrogen functional groups attached to an aromatic ring is 1. The van der Waals surface area contributed by atoms with E-state index in [0.29, 0.717) is 5.82 Å². The second-order valence-electron chi connectivity index (χ2n) is 3.49. The van der Waals surface area contributed by atoms with Gasteiger partial charge in [-0.25, -0.2) is 0 Å². The van der Waals surface area contributed by atoms with Crippen molar-refractivity contribution in [3.05, 3.63) is 33.8 Å². The highest BCUT2D eigenvalue weighted by Crippen LogP contribution is 2.29. The van der Waals surface area contributed by atoms with Crippen molar-refractivity contribution in [1.29, 1.82) is 0 Å². The standard InChI is InChI=1S/C11H11BrN2O/c1-6-3-4-8(5-9(6)12)10-7(2)11(13)14-15-10/h3-5H,1-2H3,(H2,13,14). The van der Waals surface area contributed by atoms with Gasteiger partial charge in [0.25, 0.3) is 0 Å². The fraction of sp³-hybridized carbons (Fsp3) is 0.182. The highest BCUT2D eigenvalue weighted by Gasteiger charge is 2.11. The predicted molar refractivity (Wildman–Crippen MR) is 63.5 cm³/mol. The first-order valence-corrected chi connectivity index (χ1v) is 5.37. The van der Waals surface area contributed by atoms with Gasteiger partial charge in [0.2, 0.25) is 0 Å². The fourth-order valence-corrected chi connectivity index (χ4v) is 1.73. The van der Waals surface area contributed by atoms with Gasteiger partial charge < -0.3 is 10.3 Å². The SMILES string of the molecule is Cc1ccc(-c2onc(N)c2C)cc1Br. The molecule has 0 spiro atoms. The molecule has 15 heavy (non-hydrogen) atoms. The Kier molecular flexibility index (Phi) is 2.52. The lowest BCUT2D eigenvalue weighted by molar-refractivity contribution is 0.435. The van der Waals surface area contributed by atoms with Crippen molar-refractivity contribution in [2.24, 2.45) is 0 Å². The van der Waals surface area contributed by atoms with Crippen LogP contribution in [0.2, 0.25) is 0 Å². The molecule has 0 aliphatic rings. The molecule has 0 fully saturated rings. The number of nitrogens with two attached hydrogens (primary N) is 1. The number of aryl methyl sites for hydroxylation is 1. The number of anilines is 1. The van der Waals surface area contributed by atoms with Crippen LogP contribution in [0.25, 0.3) is 11.3 Å². The molecule has 0 aliphatic heterocycles. The summed E-state index contributed by atoms with van der Waals surface area (Å²) < 4.78 is 6.23. The second-order valence-corrected chi connectivity index (χ2v) is 4.34. The molecule has 2 aromatic rings. The van der Waals surface area contributed by atoms with Crippen LogP contribution in [0.4, 0.5) is 5.82 Å². The minimum absolute atomic E-state index is 0.446. The third kappa shape index (κ3) is 1.77. The van der Waals surface area contributed by atoms with Crippen molar-refractivity contribution in [3.63, 3.8) is 0 Å². The number of hydrogen-bond donors (Lipinski definition) is 1.